The van der Waals surface area contributed by atoms with Crippen molar-refractivity contribution in [1.29, 1.82) is 5.26 Å². The largest absolute Gasteiger partial charge is 0.399 e. The van der Waals surface area contributed by atoms with Gasteiger partial charge < -0.3 is 16.2 Å². The number of anilines is 2. The molecule has 108 valence electrons. The van der Waals surface area contributed by atoms with Gasteiger partial charge >= 0.3 is 0 Å². The van der Waals surface area contributed by atoms with Gasteiger partial charge in [0.25, 0.3) is 0 Å². The molecule has 2 rings (SSSR count). The van der Waals surface area contributed by atoms with Crippen molar-refractivity contribution in [2.75, 3.05) is 17.6 Å². The van der Waals surface area contributed by atoms with Crippen LogP contribution in [0.2, 0.25) is 0 Å². The molecule has 0 saturated carbocycles. The Morgan fingerprint density at radius 2 is 2.00 bits per heavy atom. The highest BCUT2D eigenvalue weighted by atomic mass is 16.3. The Morgan fingerprint density at radius 3 is 2.62 bits per heavy atom. The summed E-state index contributed by atoms with van der Waals surface area (Å²) in [6.07, 6.45) is -0.675. The molecule has 1 atom stereocenters. The number of nitrogens with one attached hydrogen (secondary N) is 1. The zero-order valence-corrected chi connectivity index (χ0v) is 12.1. The number of rotatable bonds is 4. The predicted octanol–water partition coefficient (Wildman–Crippen LogP) is 2.30. The summed E-state index contributed by atoms with van der Waals surface area (Å²) in [4.78, 5) is 4.26. The molecule has 21 heavy (non-hydrogen) atoms. The number of aryl methyl sites for hydroxylation is 2. The van der Waals surface area contributed by atoms with Crippen LogP contribution in [0.5, 0.6) is 0 Å². The molecule has 2 aromatic rings. The first-order valence-corrected chi connectivity index (χ1v) is 6.67. The summed E-state index contributed by atoms with van der Waals surface area (Å²) in [6.45, 7) is 3.98. The molecule has 0 amide bonds. The fraction of sp³-hybridized carbons (Fsp3) is 0.250. The molecule has 1 aromatic heterocycles. The fourth-order valence-electron chi connectivity index (χ4n) is 2.15. The second-order valence-corrected chi connectivity index (χ2v) is 4.95. The smallest absolute Gasteiger partial charge is 0.103 e. The lowest BCUT2D eigenvalue weighted by molar-refractivity contribution is 0.191. The first kappa shape index (κ1) is 14.8. The van der Waals surface area contributed by atoms with Gasteiger partial charge in [0.2, 0.25) is 0 Å². The van der Waals surface area contributed by atoms with Crippen LogP contribution in [0.1, 0.15) is 28.6 Å². The molecular formula is C16H18N4O. The van der Waals surface area contributed by atoms with E-state index in [0.717, 1.165) is 11.3 Å². The lowest BCUT2D eigenvalue weighted by Gasteiger charge is -2.15. The number of benzene rings is 1. The van der Waals surface area contributed by atoms with Crippen molar-refractivity contribution < 1.29 is 5.11 Å². The van der Waals surface area contributed by atoms with Gasteiger partial charge in [0.15, 0.2) is 0 Å². The van der Waals surface area contributed by atoms with Crippen molar-refractivity contribution in [3.05, 3.63) is 52.8 Å². The minimum Gasteiger partial charge on any atom is -0.399 e. The van der Waals surface area contributed by atoms with E-state index in [0.29, 0.717) is 29.2 Å². The molecule has 4 N–H and O–H groups in total. The second kappa shape index (κ2) is 6.25. The molecule has 0 aliphatic carbocycles. The minimum atomic E-state index is -0.675. The molecule has 0 spiro atoms. The van der Waals surface area contributed by atoms with Gasteiger partial charge in [-0.1, -0.05) is 12.1 Å². The van der Waals surface area contributed by atoms with E-state index >= 15 is 0 Å². The third kappa shape index (κ3) is 3.50. The number of aliphatic hydroxyl groups excluding tert-OH is 1. The zero-order chi connectivity index (χ0) is 15.4. The van der Waals surface area contributed by atoms with E-state index in [2.05, 4.69) is 16.4 Å². The monoisotopic (exact) mass is 282 g/mol. The number of hydrogen-bond acceptors (Lipinski definition) is 5. The van der Waals surface area contributed by atoms with Crippen molar-refractivity contribution in [3.8, 4) is 6.07 Å². The highest BCUT2D eigenvalue weighted by Gasteiger charge is 2.11. The molecule has 0 saturated heterocycles. The van der Waals surface area contributed by atoms with Gasteiger partial charge in [-0.05, 0) is 37.6 Å². The average Bonchev–Trinajstić information content (AvgIpc) is 2.45. The maximum atomic E-state index is 10.2. The number of hydrogen-bond donors (Lipinski definition) is 3. The van der Waals surface area contributed by atoms with Gasteiger partial charge in [-0.25, -0.2) is 0 Å². The molecule has 1 aromatic carbocycles. The van der Waals surface area contributed by atoms with Crippen molar-refractivity contribution in [2.24, 2.45) is 0 Å². The first-order valence-electron chi connectivity index (χ1n) is 6.67. The Balaban J connectivity index is 2.13. The second-order valence-electron chi connectivity index (χ2n) is 4.95. The average molecular weight is 282 g/mol. The summed E-state index contributed by atoms with van der Waals surface area (Å²) in [6, 6.07) is 11.0. The normalized spacial score (nSPS) is 11.7. The number of aliphatic hydroxyl groups is 1. The van der Waals surface area contributed by atoms with Gasteiger partial charge in [0.1, 0.15) is 6.07 Å². The number of pyridine rings is 1. The lowest BCUT2D eigenvalue weighted by Crippen LogP contribution is -2.13. The number of aromatic nitrogens is 1. The quantitative estimate of drug-likeness (QED) is 0.748. The molecule has 0 aliphatic heterocycles. The third-order valence-electron chi connectivity index (χ3n) is 3.25. The highest BCUT2D eigenvalue weighted by molar-refractivity contribution is 5.60. The fourth-order valence-corrected chi connectivity index (χ4v) is 2.15. The summed E-state index contributed by atoms with van der Waals surface area (Å²) in [5.74, 6) is 0. The van der Waals surface area contributed by atoms with Gasteiger partial charge in [0.05, 0.1) is 23.0 Å². The highest BCUT2D eigenvalue weighted by Crippen LogP contribution is 2.21. The summed E-state index contributed by atoms with van der Waals surface area (Å²) >= 11 is 0. The van der Waals surface area contributed by atoms with E-state index in [1.165, 1.54) is 0 Å². The van der Waals surface area contributed by atoms with Crippen LogP contribution in [0, 0.1) is 25.2 Å². The predicted molar refractivity (Wildman–Crippen MR) is 82.7 cm³/mol. The maximum absolute atomic E-state index is 10.2. The van der Waals surface area contributed by atoms with E-state index in [4.69, 9.17) is 5.73 Å². The van der Waals surface area contributed by atoms with E-state index in [-0.39, 0.29) is 0 Å². The number of nitriles is 1. The lowest BCUT2D eigenvalue weighted by atomic mass is 10.1. The van der Waals surface area contributed by atoms with Crippen LogP contribution in [0.3, 0.4) is 0 Å². The topological polar surface area (TPSA) is 95.0 Å². The van der Waals surface area contributed by atoms with Crippen LogP contribution in [-0.2, 0) is 0 Å². The van der Waals surface area contributed by atoms with Crippen molar-refractivity contribution in [3.63, 3.8) is 0 Å². The van der Waals surface area contributed by atoms with Crippen LogP contribution in [-0.4, -0.2) is 16.6 Å². The molecule has 5 nitrogen and oxygen atoms in total. The maximum Gasteiger partial charge on any atom is 0.103 e. The standard InChI is InChI=1S/C16H18N4O/c1-10-7-15(14(8-17)11(2)20-10)19-9-16(21)12-3-5-13(18)6-4-12/h3-7,16,21H,9,18H2,1-2H3,(H,19,20). The van der Waals surface area contributed by atoms with E-state index in [1.54, 1.807) is 37.3 Å². The summed E-state index contributed by atoms with van der Waals surface area (Å²) in [5, 5.41) is 22.5. The Kier molecular flexibility index (Phi) is 4.41. The minimum absolute atomic E-state index is 0.307. The van der Waals surface area contributed by atoms with Gasteiger partial charge in [-0.2, -0.15) is 5.26 Å². The van der Waals surface area contributed by atoms with E-state index in [1.807, 2.05) is 6.92 Å². The Labute approximate surface area is 124 Å². The first-order chi connectivity index (χ1) is 10.0. The van der Waals surface area contributed by atoms with Crippen LogP contribution in [0.4, 0.5) is 11.4 Å². The van der Waals surface area contributed by atoms with Crippen LogP contribution < -0.4 is 11.1 Å². The number of nitrogens with two attached hydrogens (primary N) is 1. The third-order valence-corrected chi connectivity index (χ3v) is 3.25. The van der Waals surface area contributed by atoms with E-state index < -0.39 is 6.10 Å². The van der Waals surface area contributed by atoms with Crippen molar-refractivity contribution in [2.45, 2.75) is 20.0 Å². The van der Waals surface area contributed by atoms with Gasteiger partial charge in [-0.3, -0.25) is 4.98 Å². The molecular weight excluding hydrogens is 264 g/mol. The van der Waals surface area contributed by atoms with E-state index in [9.17, 15) is 10.4 Å². The molecule has 0 aliphatic rings. The van der Waals surface area contributed by atoms with Crippen LogP contribution in [0.25, 0.3) is 0 Å². The van der Waals surface area contributed by atoms with Gasteiger partial charge in [-0.15, -0.1) is 0 Å². The molecule has 0 radical (unpaired) electrons. The van der Waals surface area contributed by atoms with Crippen LogP contribution in [0.15, 0.2) is 30.3 Å². The number of nitrogens with zero attached hydrogens (tertiary/aromatic N) is 2. The van der Waals surface area contributed by atoms with Crippen LogP contribution >= 0.6 is 0 Å². The Bertz CT molecular complexity index is 674. The molecule has 5 heteroatoms. The zero-order valence-electron chi connectivity index (χ0n) is 12.1. The molecule has 0 bridgehead atoms. The summed E-state index contributed by atoms with van der Waals surface area (Å²) in [7, 11) is 0. The molecule has 0 fully saturated rings. The van der Waals surface area contributed by atoms with Crippen molar-refractivity contribution >= 4 is 11.4 Å². The van der Waals surface area contributed by atoms with Gasteiger partial charge in [0, 0.05) is 17.9 Å². The number of nitrogen functional groups attached to an aromatic ring is 1. The Hall–Kier alpha value is -2.58. The molecule has 1 heterocycles. The van der Waals surface area contributed by atoms with Crippen molar-refractivity contribution in [1.82, 2.24) is 4.98 Å². The molecule has 1 unspecified atom stereocenters. The SMILES string of the molecule is Cc1cc(NCC(O)c2ccc(N)cc2)c(C#N)c(C)n1. The summed E-state index contributed by atoms with van der Waals surface area (Å²) in [5.41, 5.74) is 9.77. The summed E-state index contributed by atoms with van der Waals surface area (Å²) < 4.78 is 0. The Morgan fingerprint density at radius 1 is 1.33 bits per heavy atom.